The average molecular weight is 260 g/mol. The highest BCUT2D eigenvalue weighted by atomic mass is 16.5. The molecule has 0 amide bonds. The standard InChI is InChI=1S/C16H24N2O/c1-2-4-10-18(9-3-1)11-7-14-5-6-16-15(13-14)17-8-12-19-16/h5-6,13,17H,1-4,7-12H2. The highest BCUT2D eigenvalue weighted by Gasteiger charge is 2.11. The van der Waals surface area contributed by atoms with E-state index in [1.54, 1.807) is 0 Å². The largest absolute Gasteiger partial charge is 0.490 e. The van der Waals surface area contributed by atoms with Gasteiger partial charge in [-0.3, -0.25) is 0 Å². The van der Waals surface area contributed by atoms with Crippen LogP contribution in [0.4, 0.5) is 5.69 Å². The molecule has 2 aliphatic rings. The van der Waals surface area contributed by atoms with Gasteiger partial charge in [-0.15, -0.1) is 0 Å². The Morgan fingerprint density at radius 3 is 2.79 bits per heavy atom. The van der Waals surface area contributed by atoms with E-state index >= 15 is 0 Å². The lowest BCUT2D eigenvalue weighted by Gasteiger charge is -2.22. The van der Waals surface area contributed by atoms with Crippen molar-refractivity contribution in [2.75, 3.05) is 38.1 Å². The number of ether oxygens (including phenoxy) is 1. The second-order valence-corrected chi connectivity index (χ2v) is 5.61. The summed E-state index contributed by atoms with van der Waals surface area (Å²) in [6.45, 7) is 5.46. The second kappa shape index (κ2) is 6.29. The van der Waals surface area contributed by atoms with Gasteiger partial charge in [0.05, 0.1) is 5.69 Å². The Morgan fingerprint density at radius 2 is 1.95 bits per heavy atom. The van der Waals surface area contributed by atoms with Crippen LogP contribution in [0.25, 0.3) is 0 Å². The molecule has 2 aliphatic heterocycles. The molecular formula is C16H24N2O. The summed E-state index contributed by atoms with van der Waals surface area (Å²) >= 11 is 0. The molecule has 1 aromatic rings. The van der Waals surface area contributed by atoms with Crippen molar-refractivity contribution in [2.45, 2.75) is 32.1 Å². The Bertz CT molecular complexity index is 411. The van der Waals surface area contributed by atoms with E-state index in [0.717, 1.165) is 25.3 Å². The average Bonchev–Trinajstić information content (AvgIpc) is 2.73. The SMILES string of the molecule is c1cc2c(cc1CCN1CCCCCC1)NCCO2. The summed E-state index contributed by atoms with van der Waals surface area (Å²) in [5.41, 5.74) is 2.58. The fourth-order valence-corrected chi connectivity index (χ4v) is 2.99. The lowest BCUT2D eigenvalue weighted by atomic mass is 10.1. The monoisotopic (exact) mass is 260 g/mol. The van der Waals surface area contributed by atoms with Gasteiger partial charge in [0.2, 0.25) is 0 Å². The molecule has 1 aromatic carbocycles. The number of nitrogens with one attached hydrogen (secondary N) is 1. The molecule has 0 aromatic heterocycles. The van der Waals surface area contributed by atoms with Crippen LogP contribution in [-0.2, 0) is 6.42 Å². The fraction of sp³-hybridized carbons (Fsp3) is 0.625. The molecule has 3 rings (SSSR count). The summed E-state index contributed by atoms with van der Waals surface area (Å²) in [7, 11) is 0. The van der Waals surface area contributed by atoms with Crippen LogP contribution in [0.5, 0.6) is 5.75 Å². The molecule has 1 saturated heterocycles. The topological polar surface area (TPSA) is 24.5 Å². The number of hydrogen-bond donors (Lipinski definition) is 1. The molecule has 1 N–H and O–H groups in total. The van der Waals surface area contributed by atoms with E-state index in [2.05, 4.69) is 28.4 Å². The number of likely N-dealkylation sites (tertiary alicyclic amines) is 1. The zero-order chi connectivity index (χ0) is 12.9. The molecule has 0 unspecified atom stereocenters. The lowest BCUT2D eigenvalue weighted by molar-refractivity contribution is 0.288. The van der Waals surface area contributed by atoms with Crippen LogP contribution in [0.15, 0.2) is 18.2 Å². The Kier molecular flexibility index (Phi) is 4.23. The van der Waals surface area contributed by atoms with Gasteiger partial charge in [0.15, 0.2) is 0 Å². The highest BCUT2D eigenvalue weighted by Crippen LogP contribution is 2.28. The van der Waals surface area contributed by atoms with Crippen molar-refractivity contribution in [1.29, 1.82) is 0 Å². The third-order valence-electron chi connectivity index (χ3n) is 4.13. The predicted octanol–water partition coefficient (Wildman–Crippen LogP) is 2.91. The van der Waals surface area contributed by atoms with Crippen molar-refractivity contribution in [3.05, 3.63) is 23.8 Å². The minimum Gasteiger partial charge on any atom is -0.490 e. The molecule has 0 atom stereocenters. The Morgan fingerprint density at radius 1 is 1.11 bits per heavy atom. The van der Waals surface area contributed by atoms with Crippen molar-refractivity contribution in [3.63, 3.8) is 0 Å². The van der Waals surface area contributed by atoms with Crippen molar-refractivity contribution in [2.24, 2.45) is 0 Å². The quantitative estimate of drug-likeness (QED) is 0.904. The zero-order valence-electron chi connectivity index (χ0n) is 11.7. The number of benzene rings is 1. The summed E-state index contributed by atoms with van der Waals surface area (Å²) in [6.07, 6.45) is 6.72. The normalized spacial score (nSPS) is 20.0. The molecule has 1 fully saturated rings. The van der Waals surface area contributed by atoms with Crippen LogP contribution in [-0.4, -0.2) is 37.7 Å². The molecule has 0 spiro atoms. The van der Waals surface area contributed by atoms with Crippen molar-refractivity contribution in [1.82, 2.24) is 4.90 Å². The van der Waals surface area contributed by atoms with Gasteiger partial charge in [-0.05, 0) is 50.0 Å². The molecule has 0 radical (unpaired) electrons. The highest BCUT2D eigenvalue weighted by molar-refractivity contribution is 5.59. The van der Waals surface area contributed by atoms with Crippen LogP contribution in [0.1, 0.15) is 31.2 Å². The Balaban J connectivity index is 1.57. The number of anilines is 1. The predicted molar refractivity (Wildman–Crippen MR) is 79.0 cm³/mol. The first-order valence-corrected chi connectivity index (χ1v) is 7.64. The van der Waals surface area contributed by atoms with Gasteiger partial charge < -0.3 is 15.0 Å². The van der Waals surface area contributed by atoms with E-state index in [1.165, 1.54) is 56.6 Å². The van der Waals surface area contributed by atoms with E-state index in [0.29, 0.717) is 0 Å². The smallest absolute Gasteiger partial charge is 0.142 e. The molecule has 19 heavy (non-hydrogen) atoms. The molecule has 2 heterocycles. The van der Waals surface area contributed by atoms with Gasteiger partial charge >= 0.3 is 0 Å². The number of nitrogens with zero attached hydrogens (tertiary/aromatic N) is 1. The third-order valence-corrected chi connectivity index (χ3v) is 4.13. The van der Waals surface area contributed by atoms with E-state index in [4.69, 9.17) is 4.74 Å². The summed E-state index contributed by atoms with van der Waals surface area (Å²) in [5, 5.41) is 3.41. The lowest BCUT2D eigenvalue weighted by Crippen LogP contribution is -2.27. The Hall–Kier alpha value is -1.22. The summed E-state index contributed by atoms with van der Waals surface area (Å²) in [6, 6.07) is 6.58. The molecule has 3 heteroatoms. The van der Waals surface area contributed by atoms with Crippen LogP contribution in [0.3, 0.4) is 0 Å². The summed E-state index contributed by atoms with van der Waals surface area (Å²) in [4.78, 5) is 2.62. The number of rotatable bonds is 3. The maximum absolute atomic E-state index is 5.62. The van der Waals surface area contributed by atoms with Gasteiger partial charge in [0, 0.05) is 13.1 Å². The van der Waals surface area contributed by atoms with Gasteiger partial charge in [0.25, 0.3) is 0 Å². The first-order valence-electron chi connectivity index (χ1n) is 7.64. The zero-order valence-corrected chi connectivity index (χ0v) is 11.7. The van der Waals surface area contributed by atoms with E-state index in [-0.39, 0.29) is 0 Å². The van der Waals surface area contributed by atoms with Crippen LogP contribution in [0.2, 0.25) is 0 Å². The van der Waals surface area contributed by atoms with Gasteiger partial charge in [-0.1, -0.05) is 18.9 Å². The maximum atomic E-state index is 5.62. The van der Waals surface area contributed by atoms with E-state index in [1.807, 2.05) is 0 Å². The summed E-state index contributed by atoms with van der Waals surface area (Å²) < 4.78 is 5.62. The molecule has 3 nitrogen and oxygen atoms in total. The summed E-state index contributed by atoms with van der Waals surface area (Å²) in [5.74, 6) is 1.00. The molecule has 0 aliphatic carbocycles. The minimum atomic E-state index is 0.778. The molecule has 0 saturated carbocycles. The first kappa shape index (κ1) is 12.8. The second-order valence-electron chi connectivity index (χ2n) is 5.61. The van der Waals surface area contributed by atoms with Gasteiger partial charge in [0.1, 0.15) is 12.4 Å². The van der Waals surface area contributed by atoms with Crippen molar-refractivity contribution < 1.29 is 4.74 Å². The number of fused-ring (bicyclic) bond motifs is 1. The van der Waals surface area contributed by atoms with Crippen LogP contribution < -0.4 is 10.1 Å². The van der Waals surface area contributed by atoms with Crippen molar-refractivity contribution in [3.8, 4) is 5.75 Å². The van der Waals surface area contributed by atoms with E-state index < -0.39 is 0 Å². The maximum Gasteiger partial charge on any atom is 0.142 e. The number of hydrogen-bond acceptors (Lipinski definition) is 3. The molecule has 104 valence electrons. The van der Waals surface area contributed by atoms with Gasteiger partial charge in [-0.25, -0.2) is 0 Å². The van der Waals surface area contributed by atoms with Gasteiger partial charge in [-0.2, -0.15) is 0 Å². The molecule has 0 bridgehead atoms. The minimum absolute atomic E-state index is 0.778. The Labute approximate surface area is 115 Å². The molecular weight excluding hydrogens is 236 g/mol. The van der Waals surface area contributed by atoms with Crippen LogP contribution in [0, 0.1) is 0 Å². The van der Waals surface area contributed by atoms with Crippen LogP contribution >= 0.6 is 0 Å². The fourth-order valence-electron chi connectivity index (χ4n) is 2.99. The van der Waals surface area contributed by atoms with E-state index in [9.17, 15) is 0 Å². The third kappa shape index (κ3) is 3.41. The first-order chi connectivity index (χ1) is 9.42. The van der Waals surface area contributed by atoms with Crippen molar-refractivity contribution >= 4 is 5.69 Å².